The first-order valence-electron chi connectivity index (χ1n) is 9.92. The second-order valence-electron chi connectivity index (χ2n) is 7.49. The average molecular weight is 464 g/mol. The fourth-order valence-corrected chi connectivity index (χ4v) is 4.51. The van der Waals surface area contributed by atoms with Crippen LogP contribution in [0.2, 0.25) is 0 Å². The van der Waals surface area contributed by atoms with E-state index in [1.54, 1.807) is 24.1 Å². The summed E-state index contributed by atoms with van der Waals surface area (Å²) in [6.45, 7) is 0. The van der Waals surface area contributed by atoms with Crippen LogP contribution in [0, 0.1) is 0 Å². The number of aryl methyl sites for hydroxylation is 1. The monoisotopic (exact) mass is 463 g/mol. The van der Waals surface area contributed by atoms with E-state index in [0.29, 0.717) is 34.8 Å². The number of nitrogen functional groups attached to an aromatic ring is 1. The molecule has 1 aliphatic rings. The molecule has 1 saturated heterocycles. The molecule has 1 aliphatic heterocycles. The van der Waals surface area contributed by atoms with Crippen LogP contribution >= 0.6 is 11.8 Å². The molecule has 0 saturated carbocycles. The van der Waals surface area contributed by atoms with Crippen molar-refractivity contribution in [3.05, 3.63) is 25.0 Å². The van der Waals surface area contributed by atoms with Crippen LogP contribution in [0.25, 0.3) is 11.2 Å². The van der Waals surface area contributed by atoms with Crippen LogP contribution in [0.3, 0.4) is 0 Å². The summed E-state index contributed by atoms with van der Waals surface area (Å²) in [7, 11) is 1.76. The second kappa shape index (κ2) is 9.38. The second-order valence-corrected chi connectivity index (χ2v) is 8.64. The predicted molar refractivity (Wildman–Crippen MR) is 117 cm³/mol. The number of hydrogen-bond acceptors (Lipinski definition) is 11. The molecule has 7 N–H and O–H groups in total. The van der Waals surface area contributed by atoms with Crippen molar-refractivity contribution in [3.63, 3.8) is 0 Å². The van der Waals surface area contributed by atoms with Gasteiger partial charge in [-0.05, 0) is 12.2 Å². The number of nitrogens with zero attached hydrogens (tertiary/aromatic N) is 6. The first-order valence-corrected chi connectivity index (χ1v) is 11.1. The normalized spacial score (nSPS) is 24.1. The van der Waals surface area contributed by atoms with Gasteiger partial charge in [-0.3, -0.25) is 14.0 Å². The highest BCUT2D eigenvalue weighted by atomic mass is 32.2. The van der Waals surface area contributed by atoms with Crippen molar-refractivity contribution in [2.24, 2.45) is 12.8 Å². The Morgan fingerprint density at radius 1 is 1.34 bits per heavy atom. The number of hydrogen-bond donors (Lipinski definition) is 5. The SMILES string of the molecule is Cn1cc(NC(=O)[C@@H](N)CCSC[C@H]2O[C@@H](n3cnc4c(N)ncnc43)[C@H](O)[C@@H]2O)cn1. The molecule has 1 fully saturated rings. The average Bonchev–Trinajstić information content (AvgIpc) is 3.45. The number of carbonyl (C=O) groups is 1. The summed E-state index contributed by atoms with van der Waals surface area (Å²) in [4.78, 5) is 24.4. The lowest BCUT2D eigenvalue weighted by Gasteiger charge is -2.16. The Balaban J connectivity index is 1.27. The maximum atomic E-state index is 12.2. The standard InChI is InChI=1S/C18H25N9O4S/c1-26-5-9(4-24-26)25-17(30)10(19)2-3-32-6-11-13(28)14(29)18(31-11)27-8-23-12-15(20)21-7-22-16(12)27/h4-5,7-8,10-11,13-14,18,28-29H,2-3,6,19H2,1H3,(H,25,30)(H2,20,21,22)/t10-,11+,13+,14+,18+/m0/s1. The van der Waals surface area contributed by atoms with Crippen molar-refractivity contribution in [3.8, 4) is 0 Å². The molecule has 172 valence electrons. The van der Waals surface area contributed by atoms with Crippen LogP contribution in [-0.2, 0) is 16.6 Å². The molecule has 0 radical (unpaired) electrons. The van der Waals surface area contributed by atoms with Crippen molar-refractivity contribution < 1.29 is 19.7 Å². The minimum absolute atomic E-state index is 0.220. The Hall–Kier alpha value is -2.78. The number of ether oxygens (including phenoxy) is 1. The zero-order valence-corrected chi connectivity index (χ0v) is 18.1. The summed E-state index contributed by atoms with van der Waals surface area (Å²) in [5, 5.41) is 27.6. The van der Waals surface area contributed by atoms with Crippen molar-refractivity contribution in [2.45, 2.75) is 37.0 Å². The Bertz CT molecular complexity index is 1090. The van der Waals surface area contributed by atoms with E-state index in [0.717, 1.165) is 0 Å². The van der Waals surface area contributed by atoms with E-state index in [-0.39, 0.29) is 11.7 Å². The maximum absolute atomic E-state index is 12.2. The topological polar surface area (TPSA) is 192 Å². The molecule has 3 aromatic rings. The number of rotatable bonds is 8. The molecule has 3 aromatic heterocycles. The molecule has 4 rings (SSSR count). The van der Waals surface area contributed by atoms with Gasteiger partial charge in [0.2, 0.25) is 5.91 Å². The Morgan fingerprint density at radius 2 is 2.16 bits per heavy atom. The van der Waals surface area contributed by atoms with Crippen LogP contribution in [0.1, 0.15) is 12.6 Å². The van der Waals surface area contributed by atoms with Crippen LogP contribution in [0.5, 0.6) is 0 Å². The number of nitrogens with two attached hydrogens (primary N) is 2. The fourth-order valence-electron chi connectivity index (χ4n) is 3.41. The number of amides is 1. The van der Waals surface area contributed by atoms with Crippen molar-refractivity contribution in [2.75, 3.05) is 22.6 Å². The van der Waals surface area contributed by atoms with Crippen molar-refractivity contribution in [1.82, 2.24) is 29.3 Å². The molecule has 4 heterocycles. The van der Waals surface area contributed by atoms with Crippen LogP contribution in [-0.4, -0.2) is 81.3 Å². The number of aliphatic hydroxyl groups is 2. The third-order valence-corrected chi connectivity index (χ3v) is 6.25. The van der Waals surface area contributed by atoms with Crippen LogP contribution < -0.4 is 16.8 Å². The number of anilines is 2. The summed E-state index contributed by atoms with van der Waals surface area (Å²) in [5.74, 6) is 0.916. The van der Waals surface area contributed by atoms with Gasteiger partial charge in [-0.2, -0.15) is 16.9 Å². The fraction of sp³-hybridized carbons (Fsp3) is 0.500. The van der Waals surface area contributed by atoms with Gasteiger partial charge < -0.3 is 31.7 Å². The summed E-state index contributed by atoms with van der Waals surface area (Å²) in [6.07, 6.45) is 2.69. The molecule has 0 aliphatic carbocycles. The highest BCUT2D eigenvalue weighted by molar-refractivity contribution is 7.99. The predicted octanol–water partition coefficient (Wildman–Crippen LogP) is -1.15. The third kappa shape index (κ3) is 4.54. The van der Waals surface area contributed by atoms with E-state index in [4.69, 9.17) is 16.2 Å². The highest BCUT2D eigenvalue weighted by Gasteiger charge is 2.44. The summed E-state index contributed by atoms with van der Waals surface area (Å²) in [5.41, 5.74) is 13.2. The number of aliphatic hydroxyl groups excluding tert-OH is 2. The van der Waals surface area contributed by atoms with Gasteiger partial charge in [0.05, 0.1) is 30.4 Å². The van der Waals surface area contributed by atoms with Gasteiger partial charge in [0.25, 0.3) is 0 Å². The zero-order chi connectivity index (χ0) is 22.8. The molecule has 0 unspecified atom stereocenters. The lowest BCUT2D eigenvalue weighted by Crippen LogP contribution is -2.36. The molecule has 0 aromatic carbocycles. The lowest BCUT2D eigenvalue weighted by atomic mass is 10.1. The first kappa shape index (κ1) is 22.4. The zero-order valence-electron chi connectivity index (χ0n) is 17.3. The Labute approximate surface area is 187 Å². The van der Waals surface area contributed by atoms with Crippen molar-refractivity contribution >= 4 is 40.3 Å². The van der Waals surface area contributed by atoms with E-state index < -0.39 is 30.6 Å². The molecular weight excluding hydrogens is 438 g/mol. The van der Waals surface area contributed by atoms with Crippen molar-refractivity contribution in [1.29, 1.82) is 0 Å². The molecular formula is C18H25N9O4S. The van der Waals surface area contributed by atoms with Gasteiger partial charge in [-0.1, -0.05) is 0 Å². The molecule has 5 atom stereocenters. The Kier molecular flexibility index (Phi) is 6.57. The number of carbonyl (C=O) groups excluding carboxylic acids is 1. The number of aromatic nitrogens is 6. The molecule has 1 amide bonds. The number of thioether (sulfide) groups is 1. The van der Waals surface area contributed by atoms with Gasteiger partial charge in [-0.25, -0.2) is 15.0 Å². The van der Waals surface area contributed by atoms with E-state index in [9.17, 15) is 15.0 Å². The first-order chi connectivity index (χ1) is 15.3. The number of imidazole rings is 1. The summed E-state index contributed by atoms with van der Waals surface area (Å²) < 4.78 is 9.01. The molecule has 0 spiro atoms. The summed E-state index contributed by atoms with van der Waals surface area (Å²) in [6, 6.07) is -0.682. The van der Waals surface area contributed by atoms with Gasteiger partial charge in [0, 0.05) is 19.0 Å². The highest BCUT2D eigenvalue weighted by Crippen LogP contribution is 2.33. The van der Waals surface area contributed by atoms with Gasteiger partial charge in [0.1, 0.15) is 24.1 Å². The number of nitrogens with one attached hydrogen (secondary N) is 1. The lowest BCUT2D eigenvalue weighted by molar-refractivity contribution is -0.117. The minimum Gasteiger partial charge on any atom is -0.387 e. The minimum atomic E-state index is -1.17. The molecule has 0 bridgehead atoms. The van der Waals surface area contributed by atoms with Gasteiger partial charge in [0.15, 0.2) is 17.7 Å². The maximum Gasteiger partial charge on any atom is 0.241 e. The van der Waals surface area contributed by atoms with E-state index in [1.807, 2.05) is 0 Å². The quantitative estimate of drug-likeness (QED) is 0.253. The Morgan fingerprint density at radius 3 is 2.91 bits per heavy atom. The van der Waals surface area contributed by atoms with Gasteiger partial charge >= 0.3 is 0 Å². The van der Waals surface area contributed by atoms with Crippen LogP contribution in [0.4, 0.5) is 11.5 Å². The van der Waals surface area contributed by atoms with Crippen LogP contribution in [0.15, 0.2) is 25.0 Å². The summed E-state index contributed by atoms with van der Waals surface area (Å²) >= 11 is 1.47. The van der Waals surface area contributed by atoms with E-state index in [2.05, 4.69) is 25.4 Å². The largest absolute Gasteiger partial charge is 0.387 e. The van der Waals surface area contributed by atoms with E-state index >= 15 is 0 Å². The molecule has 14 heteroatoms. The van der Waals surface area contributed by atoms with E-state index in [1.165, 1.54) is 29.0 Å². The molecule has 32 heavy (non-hydrogen) atoms. The molecule has 13 nitrogen and oxygen atoms in total. The third-order valence-electron chi connectivity index (χ3n) is 5.16. The van der Waals surface area contributed by atoms with Gasteiger partial charge in [-0.15, -0.1) is 0 Å². The number of fused-ring (bicyclic) bond motifs is 1. The smallest absolute Gasteiger partial charge is 0.241 e.